The Kier molecular flexibility index (Phi) is 11.5. The van der Waals surface area contributed by atoms with Crippen molar-refractivity contribution in [1.82, 2.24) is 4.90 Å². The van der Waals surface area contributed by atoms with Crippen molar-refractivity contribution in [3.8, 4) is 5.75 Å². The number of amides is 4. The molecule has 0 aromatic heterocycles. The topological polar surface area (TPSA) is 164 Å². The minimum Gasteiger partial charge on any atom is -0.483 e. The van der Waals surface area contributed by atoms with Crippen LogP contribution >= 0.6 is 11.8 Å². The first kappa shape index (κ1) is 34.9. The standard InChI is InChI=1S/C34H36N6O8S/c1-3-37(4-2)25-13-12-23(29(20-25)48-22-32(42)35-24-8-7-9-26(19-24)40(45)46)18-30-33(43)39(34(44)49-30)21-31(41)36-27-10-5-6-11-28(27)38-14-16-47-17-15-38/h5-13,18-20H,3-4,14-17,21-22H2,1-2H3,(H,35,42)(H,36,41)/b30-18+. The molecule has 0 atom stereocenters. The molecule has 49 heavy (non-hydrogen) atoms. The van der Waals surface area contributed by atoms with Crippen LogP contribution in [0.4, 0.5) is 33.2 Å². The summed E-state index contributed by atoms with van der Waals surface area (Å²) in [6.07, 6.45) is 1.50. The molecule has 2 aliphatic heterocycles. The zero-order chi connectivity index (χ0) is 34.9. The van der Waals surface area contributed by atoms with Crippen molar-refractivity contribution in [2.24, 2.45) is 0 Å². The second-order valence-corrected chi connectivity index (χ2v) is 12.0. The van der Waals surface area contributed by atoms with Gasteiger partial charge in [0.15, 0.2) is 6.61 Å². The molecule has 4 amide bonds. The highest BCUT2D eigenvalue weighted by molar-refractivity contribution is 8.18. The second-order valence-electron chi connectivity index (χ2n) is 11.0. The number of anilines is 4. The van der Waals surface area contributed by atoms with Crippen molar-refractivity contribution in [1.29, 1.82) is 0 Å². The summed E-state index contributed by atoms with van der Waals surface area (Å²) in [5.74, 6) is -1.43. The number of non-ortho nitro benzene ring substituents is 1. The number of thioether (sulfide) groups is 1. The van der Waals surface area contributed by atoms with E-state index in [0.29, 0.717) is 62.4 Å². The van der Waals surface area contributed by atoms with E-state index in [2.05, 4.69) is 20.4 Å². The minimum absolute atomic E-state index is 0.0907. The van der Waals surface area contributed by atoms with Crippen LogP contribution in [-0.4, -0.2) is 85.3 Å². The number of benzene rings is 3. The molecule has 3 aromatic carbocycles. The number of morpholine rings is 1. The molecule has 256 valence electrons. The number of carbonyl (C=O) groups excluding carboxylic acids is 4. The van der Waals surface area contributed by atoms with E-state index in [0.717, 1.165) is 16.3 Å². The first-order valence-corrected chi connectivity index (χ1v) is 16.5. The maximum Gasteiger partial charge on any atom is 0.294 e. The van der Waals surface area contributed by atoms with Gasteiger partial charge in [0.2, 0.25) is 5.91 Å². The SMILES string of the molecule is CCN(CC)c1ccc(/C=C2/SC(=O)N(CC(=O)Nc3ccccc3N3CCOCC3)C2=O)c(OCC(=O)Nc2cccc([N+](=O)[O-])c2)c1. The summed E-state index contributed by atoms with van der Waals surface area (Å²) in [5, 5.41) is 15.9. The third-order valence-electron chi connectivity index (χ3n) is 7.82. The fraction of sp³-hybridized carbons (Fsp3) is 0.294. The number of nitrogens with one attached hydrogen (secondary N) is 2. The molecule has 0 radical (unpaired) electrons. The quantitative estimate of drug-likeness (QED) is 0.142. The van der Waals surface area contributed by atoms with Gasteiger partial charge in [-0.25, -0.2) is 0 Å². The van der Waals surface area contributed by atoms with Crippen LogP contribution in [0.1, 0.15) is 19.4 Å². The molecular formula is C34H36N6O8S. The summed E-state index contributed by atoms with van der Waals surface area (Å²) < 4.78 is 11.3. The Balaban J connectivity index is 1.30. The number of rotatable bonds is 13. The Hall–Kier alpha value is -5.41. The van der Waals surface area contributed by atoms with Crippen LogP contribution in [0, 0.1) is 10.1 Å². The predicted molar refractivity (Wildman–Crippen MR) is 188 cm³/mol. The highest BCUT2D eigenvalue weighted by Gasteiger charge is 2.36. The zero-order valence-corrected chi connectivity index (χ0v) is 27.9. The Morgan fingerprint density at radius 1 is 1.00 bits per heavy atom. The summed E-state index contributed by atoms with van der Waals surface area (Å²) in [7, 11) is 0. The Morgan fingerprint density at radius 3 is 2.49 bits per heavy atom. The number of nitro benzene ring substituents is 1. The fourth-order valence-corrected chi connectivity index (χ4v) is 6.19. The molecular weight excluding hydrogens is 652 g/mol. The Bertz CT molecular complexity index is 1770. The van der Waals surface area contributed by atoms with Gasteiger partial charge in [0.1, 0.15) is 12.3 Å². The average molecular weight is 689 g/mol. The molecule has 14 nitrogen and oxygen atoms in total. The van der Waals surface area contributed by atoms with Gasteiger partial charge in [-0.2, -0.15) is 0 Å². The molecule has 5 rings (SSSR count). The second kappa shape index (κ2) is 16.1. The molecule has 15 heteroatoms. The van der Waals surface area contributed by atoms with Crippen molar-refractivity contribution >= 4 is 69.2 Å². The van der Waals surface area contributed by atoms with Crippen molar-refractivity contribution in [3.63, 3.8) is 0 Å². The number of ether oxygens (including phenoxy) is 2. The van der Waals surface area contributed by atoms with Crippen LogP contribution in [0.25, 0.3) is 6.08 Å². The fourth-order valence-electron chi connectivity index (χ4n) is 5.36. The molecule has 2 N–H and O–H groups in total. The molecule has 0 aliphatic carbocycles. The zero-order valence-electron chi connectivity index (χ0n) is 27.0. The number of carbonyl (C=O) groups is 4. The molecule has 0 saturated carbocycles. The van der Waals surface area contributed by atoms with Crippen LogP contribution in [0.5, 0.6) is 5.75 Å². The number of para-hydroxylation sites is 2. The van der Waals surface area contributed by atoms with Crippen LogP contribution < -0.4 is 25.2 Å². The van der Waals surface area contributed by atoms with E-state index in [-0.39, 0.29) is 22.0 Å². The van der Waals surface area contributed by atoms with Gasteiger partial charge in [-0.15, -0.1) is 0 Å². The first-order chi connectivity index (χ1) is 23.7. The molecule has 0 spiro atoms. The Labute approximate surface area is 287 Å². The van der Waals surface area contributed by atoms with Gasteiger partial charge in [0.05, 0.1) is 34.4 Å². The highest BCUT2D eigenvalue weighted by Crippen LogP contribution is 2.36. The van der Waals surface area contributed by atoms with E-state index < -0.39 is 41.0 Å². The van der Waals surface area contributed by atoms with Gasteiger partial charge in [-0.1, -0.05) is 18.2 Å². The van der Waals surface area contributed by atoms with Crippen molar-refractivity contribution in [2.75, 3.05) is 73.0 Å². The van der Waals surface area contributed by atoms with Crippen LogP contribution in [0.15, 0.2) is 71.6 Å². The first-order valence-electron chi connectivity index (χ1n) is 15.7. The van der Waals surface area contributed by atoms with Crippen LogP contribution in [0.2, 0.25) is 0 Å². The van der Waals surface area contributed by atoms with Crippen molar-refractivity contribution in [3.05, 3.63) is 87.3 Å². The van der Waals surface area contributed by atoms with Crippen molar-refractivity contribution < 1.29 is 33.6 Å². The minimum atomic E-state index is -0.631. The highest BCUT2D eigenvalue weighted by atomic mass is 32.2. The lowest BCUT2D eigenvalue weighted by molar-refractivity contribution is -0.384. The summed E-state index contributed by atoms with van der Waals surface area (Å²) in [5.41, 5.74) is 2.72. The van der Waals surface area contributed by atoms with Crippen molar-refractivity contribution in [2.45, 2.75) is 13.8 Å². The van der Waals surface area contributed by atoms with Crippen LogP contribution in [-0.2, 0) is 19.1 Å². The number of hydrogen-bond donors (Lipinski definition) is 2. The third-order valence-corrected chi connectivity index (χ3v) is 8.72. The molecule has 3 aromatic rings. The predicted octanol–water partition coefficient (Wildman–Crippen LogP) is 4.97. The summed E-state index contributed by atoms with van der Waals surface area (Å²) in [6.45, 7) is 7.00. The summed E-state index contributed by atoms with van der Waals surface area (Å²) in [6, 6.07) is 18.2. The summed E-state index contributed by atoms with van der Waals surface area (Å²) in [4.78, 5) is 67.9. The molecule has 2 aliphatic rings. The monoisotopic (exact) mass is 688 g/mol. The van der Waals surface area contributed by atoms with E-state index in [9.17, 15) is 29.3 Å². The number of nitrogens with zero attached hydrogens (tertiary/aromatic N) is 4. The van der Waals surface area contributed by atoms with Crippen LogP contribution in [0.3, 0.4) is 0 Å². The van der Waals surface area contributed by atoms with E-state index in [1.54, 1.807) is 24.3 Å². The third kappa shape index (κ3) is 8.74. The molecule has 2 saturated heterocycles. The van der Waals surface area contributed by atoms with E-state index in [1.165, 1.54) is 30.3 Å². The van der Waals surface area contributed by atoms with E-state index in [1.807, 2.05) is 32.0 Å². The molecule has 0 unspecified atom stereocenters. The number of nitro groups is 1. The Morgan fingerprint density at radius 2 is 1.76 bits per heavy atom. The summed E-state index contributed by atoms with van der Waals surface area (Å²) >= 11 is 0.705. The van der Waals surface area contributed by atoms with Gasteiger partial charge in [0, 0.05) is 61.3 Å². The lowest BCUT2D eigenvalue weighted by atomic mass is 10.1. The van der Waals surface area contributed by atoms with Gasteiger partial charge in [-0.05, 0) is 62.0 Å². The molecule has 2 fully saturated rings. The lowest BCUT2D eigenvalue weighted by Crippen LogP contribution is -2.38. The maximum atomic E-state index is 13.4. The number of hydrogen-bond acceptors (Lipinski definition) is 11. The normalized spacial score (nSPS) is 15.3. The van der Waals surface area contributed by atoms with Gasteiger partial charge >= 0.3 is 0 Å². The average Bonchev–Trinajstić information content (AvgIpc) is 3.36. The van der Waals surface area contributed by atoms with Gasteiger partial charge in [-0.3, -0.25) is 34.2 Å². The smallest absolute Gasteiger partial charge is 0.294 e. The largest absolute Gasteiger partial charge is 0.483 e. The van der Waals surface area contributed by atoms with E-state index in [4.69, 9.17) is 9.47 Å². The van der Waals surface area contributed by atoms with Gasteiger partial charge < -0.3 is 29.9 Å². The number of imide groups is 1. The lowest BCUT2D eigenvalue weighted by Gasteiger charge is -2.30. The van der Waals surface area contributed by atoms with Gasteiger partial charge in [0.25, 0.3) is 22.7 Å². The molecule has 2 heterocycles. The molecule has 0 bridgehead atoms. The van der Waals surface area contributed by atoms with E-state index >= 15 is 0 Å². The maximum absolute atomic E-state index is 13.4.